The van der Waals surface area contributed by atoms with E-state index in [0.29, 0.717) is 29.1 Å². The molecule has 120 valence electrons. The number of fused-ring (bicyclic) bond motifs is 1. The van der Waals surface area contributed by atoms with Gasteiger partial charge < -0.3 is 9.47 Å². The lowest BCUT2D eigenvalue weighted by molar-refractivity contribution is -0.117. The van der Waals surface area contributed by atoms with Gasteiger partial charge in [0.25, 0.3) is 0 Å². The molecule has 0 unspecified atom stereocenters. The predicted molar refractivity (Wildman–Crippen MR) is 85.1 cm³/mol. The van der Waals surface area contributed by atoms with Crippen molar-refractivity contribution in [3.8, 4) is 11.5 Å². The molecular formula is C15H15ClN4O3. The van der Waals surface area contributed by atoms with Crippen molar-refractivity contribution < 1.29 is 14.3 Å². The van der Waals surface area contributed by atoms with Crippen molar-refractivity contribution in [1.82, 2.24) is 14.8 Å². The first kappa shape index (κ1) is 15.4. The average molecular weight is 335 g/mol. The van der Waals surface area contributed by atoms with Crippen LogP contribution in [-0.4, -0.2) is 34.4 Å². The van der Waals surface area contributed by atoms with Gasteiger partial charge in [0.2, 0.25) is 11.9 Å². The summed E-state index contributed by atoms with van der Waals surface area (Å²) < 4.78 is 12.5. The van der Waals surface area contributed by atoms with Gasteiger partial charge in [0.15, 0.2) is 11.5 Å². The highest BCUT2D eigenvalue weighted by molar-refractivity contribution is 6.32. The summed E-state index contributed by atoms with van der Waals surface area (Å²) in [6.45, 7) is 3.92. The minimum absolute atomic E-state index is 0.127. The summed E-state index contributed by atoms with van der Waals surface area (Å²) in [5, 5.41) is 7.24. The van der Waals surface area contributed by atoms with E-state index in [9.17, 15) is 4.79 Å². The molecule has 0 saturated heterocycles. The van der Waals surface area contributed by atoms with Gasteiger partial charge in [0.1, 0.15) is 12.9 Å². The normalized spacial score (nSPS) is 16.4. The molecule has 0 fully saturated rings. The zero-order chi connectivity index (χ0) is 16.4. The van der Waals surface area contributed by atoms with Crippen molar-refractivity contribution in [2.45, 2.75) is 12.5 Å². The summed E-state index contributed by atoms with van der Waals surface area (Å²) in [4.78, 5) is 15.9. The Morgan fingerprint density at radius 2 is 2.39 bits per heavy atom. The molecule has 0 radical (unpaired) electrons. The lowest BCUT2D eigenvalue weighted by Crippen LogP contribution is -2.29. The second-order valence-electron chi connectivity index (χ2n) is 4.93. The Hall–Kier alpha value is -2.54. The van der Waals surface area contributed by atoms with Crippen LogP contribution in [0.1, 0.15) is 18.0 Å². The first-order valence-corrected chi connectivity index (χ1v) is 7.32. The number of anilines is 1. The predicted octanol–water partition coefficient (Wildman–Crippen LogP) is 2.44. The molecule has 2 heterocycles. The van der Waals surface area contributed by atoms with Gasteiger partial charge in [-0.2, -0.15) is 10.1 Å². The van der Waals surface area contributed by atoms with Gasteiger partial charge in [0, 0.05) is 0 Å². The van der Waals surface area contributed by atoms with Crippen LogP contribution in [0.5, 0.6) is 11.5 Å². The van der Waals surface area contributed by atoms with Crippen molar-refractivity contribution in [2.75, 3.05) is 19.0 Å². The van der Waals surface area contributed by atoms with Crippen molar-refractivity contribution in [3.05, 3.63) is 41.7 Å². The Balaban J connectivity index is 2.03. The maximum atomic E-state index is 11.9. The van der Waals surface area contributed by atoms with Crippen LogP contribution >= 0.6 is 11.6 Å². The molecule has 1 aliphatic rings. The number of aromatic nitrogens is 3. The van der Waals surface area contributed by atoms with Crippen LogP contribution in [0, 0.1) is 0 Å². The quantitative estimate of drug-likeness (QED) is 0.850. The number of carbonyl (C=O) groups is 1. The smallest absolute Gasteiger partial charge is 0.229 e. The van der Waals surface area contributed by atoms with E-state index in [2.05, 4.69) is 22.0 Å². The highest BCUT2D eigenvalue weighted by Gasteiger charge is 2.29. The zero-order valence-electron chi connectivity index (χ0n) is 12.5. The van der Waals surface area contributed by atoms with Gasteiger partial charge in [-0.25, -0.2) is 4.68 Å². The molecule has 1 amide bonds. The van der Waals surface area contributed by atoms with E-state index in [1.54, 1.807) is 22.9 Å². The van der Waals surface area contributed by atoms with Crippen LogP contribution in [-0.2, 0) is 4.79 Å². The molecule has 3 rings (SSSR count). The van der Waals surface area contributed by atoms with Crippen LogP contribution in [0.15, 0.2) is 31.1 Å². The third kappa shape index (κ3) is 2.87. The maximum Gasteiger partial charge on any atom is 0.229 e. The highest BCUT2D eigenvalue weighted by atomic mass is 35.5. The third-order valence-electron chi connectivity index (χ3n) is 3.48. The van der Waals surface area contributed by atoms with Crippen molar-refractivity contribution >= 4 is 23.5 Å². The third-order valence-corrected chi connectivity index (χ3v) is 3.76. The first-order chi connectivity index (χ1) is 11.1. The fourth-order valence-electron chi connectivity index (χ4n) is 2.48. The van der Waals surface area contributed by atoms with Gasteiger partial charge in [-0.15, -0.1) is 0 Å². The largest absolute Gasteiger partial charge is 0.493 e. The number of halogens is 1. The van der Waals surface area contributed by atoms with Crippen LogP contribution in [0.4, 0.5) is 5.95 Å². The van der Waals surface area contributed by atoms with Gasteiger partial charge >= 0.3 is 0 Å². The minimum Gasteiger partial charge on any atom is -0.493 e. The van der Waals surface area contributed by atoms with Crippen LogP contribution < -0.4 is 14.8 Å². The highest BCUT2D eigenvalue weighted by Crippen LogP contribution is 2.40. The molecule has 1 atom stereocenters. The van der Waals surface area contributed by atoms with Crippen molar-refractivity contribution in [1.29, 1.82) is 0 Å². The summed E-state index contributed by atoms with van der Waals surface area (Å²) in [5.74, 6) is 1.21. The Bertz CT molecular complexity index is 759. The number of nitrogens with one attached hydrogen (secondary N) is 1. The van der Waals surface area contributed by atoms with Gasteiger partial charge in [-0.3, -0.25) is 10.1 Å². The molecule has 1 aromatic heterocycles. The summed E-state index contributed by atoms with van der Waals surface area (Å²) in [7, 11) is 1.53. The Morgan fingerprint density at radius 3 is 3.13 bits per heavy atom. The van der Waals surface area contributed by atoms with Crippen LogP contribution in [0.2, 0.25) is 5.02 Å². The Kier molecular flexibility index (Phi) is 4.20. The first-order valence-electron chi connectivity index (χ1n) is 6.94. The lowest BCUT2D eigenvalue weighted by Gasteiger charge is -2.24. The topological polar surface area (TPSA) is 78.3 Å². The second-order valence-corrected chi connectivity index (χ2v) is 5.34. The van der Waals surface area contributed by atoms with E-state index < -0.39 is 0 Å². The van der Waals surface area contributed by atoms with Crippen LogP contribution in [0.25, 0.3) is 0 Å². The summed E-state index contributed by atoms with van der Waals surface area (Å²) in [5.41, 5.74) is 0.791. The zero-order valence-corrected chi connectivity index (χ0v) is 13.2. The van der Waals surface area contributed by atoms with Gasteiger partial charge in [0.05, 0.1) is 24.6 Å². The summed E-state index contributed by atoms with van der Waals surface area (Å²) in [6, 6.07) is 3.23. The minimum atomic E-state index is -0.305. The number of rotatable bonds is 5. The van der Waals surface area contributed by atoms with Crippen LogP contribution in [0.3, 0.4) is 0 Å². The number of nitrogens with zero attached hydrogens (tertiary/aromatic N) is 3. The van der Waals surface area contributed by atoms with Crippen molar-refractivity contribution in [2.24, 2.45) is 0 Å². The van der Waals surface area contributed by atoms with Crippen molar-refractivity contribution in [3.63, 3.8) is 0 Å². The van der Waals surface area contributed by atoms with E-state index >= 15 is 0 Å². The van der Waals surface area contributed by atoms with E-state index in [1.165, 1.54) is 13.4 Å². The molecule has 0 saturated carbocycles. The van der Waals surface area contributed by atoms with E-state index in [4.69, 9.17) is 21.1 Å². The second kappa shape index (κ2) is 6.29. The fourth-order valence-corrected chi connectivity index (χ4v) is 2.75. The number of ether oxygens (including phenoxy) is 2. The molecule has 8 heteroatoms. The molecule has 1 aromatic carbocycles. The van der Waals surface area contributed by atoms with E-state index in [0.717, 1.165) is 5.56 Å². The fraction of sp³-hybridized carbons (Fsp3) is 0.267. The monoisotopic (exact) mass is 334 g/mol. The Morgan fingerprint density at radius 1 is 1.57 bits per heavy atom. The average Bonchev–Trinajstić information content (AvgIpc) is 3.00. The number of methoxy groups -OCH3 is 1. The standard InChI is InChI=1S/C15H15ClN4O3/c1-3-4-23-14-10(16)5-9(6-12(14)22-2)11-7-13(21)19-15-17-8-18-20(11)15/h3,5-6,8,11H,1,4,7H2,2H3,(H,17,18,19,21)/t11-/m0/s1. The molecule has 23 heavy (non-hydrogen) atoms. The molecular weight excluding hydrogens is 320 g/mol. The molecule has 7 nitrogen and oxygen atoms in total. The molecule has 0 spiro atoms. The SMILES string of the molecule is C=CCOc1c(Cl)cc([C@@H]2CC(=O)Nc3ncnn32)cc1OC. The molecule has 0 aliphatic carbocycles. The van der Waals surface area contributed by atoms with Gasteiger partial charge in [-0.1, -0.05) is 24.3 Å². The number of benzene rings is 1. The van der Waals surface area contributed by atoms with E-state index in [1.807, 2.05) is 0 Å². The molecule has 0 bridgehead atoms. The number of carbonyl (C=O) groups excluding carboxylic acids is 1. The summed E-state index contributed by atoms with van der Waals surface area (Å²) >= 11 is 6.32. The number of amides is 1. The Labute approximate surface area is 137 Å². The van der Waals surface area contributed by atoms with E-state index in [-0.39, 0.29) is 18.4 Å². The number of hydrogen-bond acceptors (Lipinski definition) is 5. The lowest BCUT2D eigenvalue weighted by atomic mass is 10.0. The molecule has 2 aromatic rings. The maximum absolute atomic E-state index is 11.9. The summed E-state index contributed by atoms with van der Waals surface area (Å²) in [6.07, 6.45) is 3.26. The number of hydrogen-bond donors (Lipinski definition) is 1. The molecule has 1 N–H and O–H groups in total. The van der Waals surface area contributed by atoms with Gasteiger partial charge in [-0.05, 0) is 17.7 Å². The molecule has 1 aliphatic heterocycles.